The van der Waals surface area contributed by atoms with E-state index in [1.165, 1.54) is 35.7 Å². The topological polar surface area (TPSA) is 150 Å². The number of nitrogens with one attached hydrogen (secondary N) is 1. The van der Waals surface area contributed by atoms with Gasteiger partial charge in [-0.25, -0.2) is 4.79 Å². The van der Waals surface area contributed by atoms with E-state index in [2.05, 4.69) is 5.32 Å². The molecular formula is C17H17N3O6S. The lowest BCUT2D eigenvalue weighted by atomic mass is 9.92. The molecule has 0 aliphatic carbocycles. The fraction of sp³-hybridized carbons (Fsp3) is 0.294. The summed E-state index contributed by atoms with van der Waals surface area (Å²) in [4.78, 5) is 48.4. The molecule has 1 aromatic carbocycles. The number of carbonyl (C=O) groups is 4. The van der Waals surface area contributed by atoms with Crippen molar-refractivity contribution in [2.24, 2.45) is 11.7 Å². The van der Waals surface area contributed by atoms with E-state index in [4.69, 9.17) is 5.73 Å². The Bertz CT molecular complexity index is 881. The molecule has 1 fully saturated rings. The summed E-state index contributed by atoms with van der Waals surface area (Å²) >= 11 is 1.17. The molecule has 0 unspecified atom stereocenters. The van der Waals surface area contributed by atoms with Gasteiger partial charge < -0.3 is 21.3 Å². The molecule has 9 nitrogen and oxygen atoms in total. The zero-order valence-corrected chi connectivity index (χ0v) is 15.0. The van der Waals surface area contributed by atoms with E-state index >= 15 is 0 Å². The number of carbonyl (C=O) groups excluding carboxylic acids is 3. The molecule has 5 N–H and O–H groups in total. The Morgan fingerprint density at radius 3 is 2.67 bits per heavy atom. The maximum Gasteiger partial charge on any atom is 0.353 e. The monoisotopic (exact) mass is 391 g/mol. The van der Waals surface area contributed by atoms with Crippen LogP contribution in [0.1, 0.15) is 22.8 Å². The largest absolute Gasteiger partial charge is 0.477 e. The number of carboxylic acid groups (broad SMARTS) is 1. The van der Waals surface area contributed by atoms with Crippen LogP contribution in [-0.4, -0.2) is 56.8 Å². The number of thioether (sulfide) groups is 1. The van der Waals surface area contributed by atoms with Gasteiger partial charge in [0, 0.05) is 10.5 Å². The number of hydrogen-bond acceptors (Lipinski definition) is 6. The highest BCUT2D eigenvalue weighted by Gasteiger charge is 2.57. The summed E-state index contributed by atoms with van der Waals surface area (Å²) in [6.07, 6.45) is -0.897. The third kappa shape index (κ3) is 3.28. The molecule has 0 bridgehead atoms. The quantitative estimate of drug-likeness (QED) is 0.480. The maximum atomic E-state index is 12.2. The van der Waals surface area contributed by atoms with E-state index in [0.29, 0.717) is 10.5 Å². The second-order valence-corrected chi connectivity index (χ2v) is 7.32. The summed E-state index contributed by atoms with van der Waals surface area (Å²) in [7, 11) is 0. The van der Waals surface area contributed by atoms with Crippen molar-refractivity contribution in [3.63, 3.8) is 0 Å². The van der Waals surface area contributed by atoms with Crippen LogP contribution in [0.25, 0.3) is 4.91 Å². The standard InChI is InChI=1S/C17H17N3O6S/c1-7(21)11-15(24)20-12(17(25)26)13(27-16(11)20)8-3-2-4-9(5-8)14(23)19-6-10(18)22/h2-5,7,11,16,21H,6H2,1H3,(H2,18,22)(H,19,23)(H,25,26)/t7-,11+,16-/m1/s1. The fourth-order valence-electron chi connectivity index (χ4n) is 3.06. The highest BCUT2D eigenvalue weighted by molar-refractivity contribution is 8.09. The molecule has 10 heteroatoms. The molecule has 0 spiro atoms. The lowest BCUT2D eigenvalue weighted by Crippen LogP contribution is -2.60. The number of hydrogen-bond donors (Lipinski definition) is 4. The number of carboxylic acids is 1. The molecule has 1 saturated heterocycles. The van der Waals surface area contributed by atoms with Gasteiger partial charge >= 0.3 is 5.97 Å². The minimum atomic E-state index is -1.26. The first kappa shape index (κ1) is 18.9. The number of primary amides is 1. The van der Waals surface area contributed by atoms with Crippen LogP contribution < -0.4 is 11.1 Å². The Morgan fingerprint density at radius 1 is 1.37 bits per heavy atom. The summed E-state index contributed by atoms with van der Waals surface area (Å²) in [6, 6.07) is 6.20. The van der Waals surface area contributed by atoms with Gasteiger partial charge in [-0.05, 0) is 24.6 Å². The van der Waals surface area contributed by atoms with Crippen LogP contribution in [-0.2, 0) is 14.4 Å². The molecule has 0 radical (unpaired) electrons. The highest BCUT2D eigenvalue weighted by atomic mass is 32.2. The first-order valence-corrected chi connectivity index (χ1v) is 8.92. The predicted molar refractivity (Wildman–Crippen MR) is 95.9 cm³/mol. The average molecular weight is 391 g/mol. The van der Waals surface area contributed by atoms with Gasteiger partial charge in [0.05, 0.1) is 18.6 Å². The van der Waals surface area contributed by atoms with Crippen molar-refractivity contribution in [1.82, 2.24) is 10.2 Å². The molecule has 0 aromatic heterocycles. The average Bonchev–Trinajstić information content (AvgIpc) is 2.94. The molecule has 3 rings (SSSR count). The summed E-state index contributed by atoms with van der Waals surface area (Å²) in [5.74, 6) is -3.60. The van der Waals surface area contributed by atoms with E-state index in [0.717, 1.165) is 0 Å². The zero-order chi connectivity index (χ0) is 19.9. The van der Waals surface area contributed by atoms with E-state index in [1.807, 2.05) is 0 Å². The summed E-state index contributed by atoms with van der Waals surface area (Å²) < 4.78 is 0. The highest BCUT2D eigenvalue weighted by Crippen LogP contribution is 2.53. The van der Waals surface area contributed by atoms with E-state index < -0.39 is 41.1 Å². The summed E-state index contributed by atoms with van der Waals surface area (Å²) in [5.41, 5.74) is 5.51. The van der Waals surface area contributed by atoms with Crippen LogP contribution >= 0.6 is 11.8 Å². The molecule has 3 amide bonds. The molecule has 2 aliphatic rings. The van der Waals surface area contributed by atoms with E-state index in [1.54, 1.807) is 12.1 Å². The van der Waals surface area contributed by atoms with Crippen LogP contribution in [0, 0.1) is 5.92 Å². The van der Waals surface area contributed by atoms with Crippen molar-refractivity contribution in [2.75, 3.05) is 6.54 Å². The lowest BCUT2D eigenvalue weighted by molar-refractivity contribution is -0.156. The Balaban J connectivity index is 1.93. The van der Waals surface area contributed by atoms with Crippen LogP contribution in [0.2, 0.25) is 0 Å². The molecule has 1 aromatic rings. The van der Waals surface area contributed by atoms with Gasteiger partial charge in [-0.1, -0.05) is 23.9 Å². The lowest BCUT2D eigenvalue weighted by Gasteiger charge is -2.43. The predicted octanol–water partition coefficient (Wildman–Crippen LogP) is -0.433. The Hall–Kier alpha value is -2.85. The summed E-state index contributed by atoms with van der Waals surface area (Å²) in [6.45, 7) is 1.17. The van der Waals surface area contributed by atoms with Crippen molar-refractivity contribution < 1.29 is 29.4 Å². The fourth-order valence-corrected chi connectivity index (χ4v) is 4.66. The van der Waals surface area contributed by atoms with Gasteiger partial charge in [-0.3, -0.25) is 19.3 Å². The zero-order valence-electron chi connectivity index (χ0n) is 14.2. The van der Waals surface area contributed by atoms with Crippen LogP contribution in [0.3, 0.4) is 0 Å². The van der Waals surface area contributed by atoms with Gasteiger partial charge in [0.1, 0.15) is 11.1 Å². The number of nitrogens with two attached hydrogens (primary N) is 1. The normalized spacial score (nSPS) is 22.1. The first-order chi connectivity index (χ1) is 12.7. The van der Waals surface area contributed by atoms with Gasteiger partial charge in [0.2, 0.25) is 11.8 Å². The molecular weight excluding hydrogens is 374 g/mol. The Labute approximate surface area is 158 Å². The number of rotatable bonds is 6. The van der Waals surface area contributed by atoms with Gasteiger partial charge in [0.15, 0.2) is 0 Å². The van der Waals surface area contributed by atoms with E-state index in [9.17, 15) is 29.4 Å². The smallest absolute Gasteiger partial charge is 0.353 e. The third-order valence-electron chi connectivity index (χ3n) is 4.31. The number of nitrogens with zero attached hydrogens (tertiary/aromatic N) is 1. The van der Waals surface area contributed by atoms with Crippen molar-refractivity contribution >= 4 is 40.4 Å². The molecule has 2 aliphatic heterocycles. The number of aliphatic carboxylic acids is 1. The first-order valence-electron chi connectivity index (χ1n) is 8.04. The molecule has 3 atom stereocenters. The number of fused-ring (bicyclic) bond motifs is 1. The minimum Gasteiger partial charge on any atom is -0.477 e. The number of benzene rings is 1. The van der Waals surface area contributed by atoms with Crippen LogP contribution in [0.4, 0.5) is 0 Å². The number of aliphatic hydroxyl groups excluding tert-OH is 1. The Kier molecular flexibility index (Phi) is 4.94. The molecule has 142 valence electrons. The second-order valence-electron chi connectivity index (χ2n) is 6.20. The maximum absolute atomic E-state index is 12.2. The number of amides is 3. The van der Waals surface area contributed by atoms with Crippen molar-refractivity contribution in [3.8, 4) is 0 Å². The third-order valence-corrected chi connectivity index (χ3v) is 5.72. The van der Waals surface area contributed by atoms with E-state index in [-0.39, 0.29) is 17.8 Å². The van der Waals surface area contributed by atoms with Crippen molar-refractivity contribution in [1.29, 1.82) is 0 Å². The molecule has 0 saturated carbocycles. The second kappa shape index (κ2) is 7.05. The van der Waals surface area contributed by atoms with Gasteiger partial charge in [-0.2, -0.15) is 0 Å². The number of aliphatic hydroxyl groups is 1. The molecule has 27 heavy (non-hydrogen) atoms. The molecule has 2 heterocycles. The SMILES string of the molecule is C[C@@H](O)[C@H]1C(=O)N2C(C(=O)O)=C(c3cccc(C(=O)NCC(N)=O)c3)S[C@H]12. The van der Waals surface area contributed by atoms with Gasteiger partial charge in [0.25, 0.3) is 5.91 Å². The van der Waals surface area contributed by atoms with Crippen molar-refractivity contribution in [3.05, 3.63) is 41.1 Å². The Morgan fingerprint density at radius 2 is 2.07 bits per heavy atom. The van der Waals surface area contributed by atoms with Crippen LogP contribution in [0.15, 0.2) is 30.0 Å². The minimum absolute atomic E-state index is 0.165. The van der Waals surface area contributed by atoms with Gasteiger partial charge in [-0.15, -0.1) is 0 Å². The summed E-state index contributed by atoms with van der Waals surface area (Å²) in [5, 5.41) is 21.2. The van der Waals surface area contributed by atoms with Crippen molar-refractivity contribution in [2.45, 2.75) is 18.4 Å². The van der Waals surface area contributed by atoms with Crippen LogP contribution in [0.5, 0.6) is 0 Å². The number of β-lactam (4-membered cyclic amide) rings is 1.